The molecule has 0 saturated carbocycles. The van der Waals surface area contributed by atoms with Gasteiger partial charge >= 0.3 is 0 Å². The van der Waals surface area contributed by atoms with Gasteiger partial charge in [0.25, 0.3) is 11.6 Å². The quantitative estimate of drug-likeness (QED) is 0.436. The number of rotatable bonds is 2. The molecule has 0 radical (unpaired) electrons. The average molecular weight is 200 g/mol. The Morgan fingerprint density at radius 2 is 1.50 bits per heavy atom. The second kappa shape index (κ2) is 3.41. The second-order valence-electron chi connectivity index (χ2n) is 2.47. The zero-order valence-electron chi connectivity index (χ0n) is 7.27. The van der Waals surface area contributed by atoms with Gasteiger partial charge < -0.3 is 20.1 Å². The van der Waals surface area contributed by atoms with Crippen LogP contribution in [0.5, 0.6) is 0 Å². The van der Waals surface area contributed by atoms with Gasteiger partial charge in [0.2, 0.25) is 23.0 Å². The Morgan fingerprint density at radius 1 is 1.00 bits per heavy atom. The van der Waals surface area contributed by atoms with Crippen molar-refractivity contribution in [1.82, 2.24) is 0 Å². The highest BCUT2D eigenvalue weighted by Crippen LogP contribution is 2.22. The molecule has 0 aliphatic heterocycles. The molecule has 6 nitrogen and oxygen atoms in total. The molecule has 3 N–H and O–H groups in total. The largest absolute Gasteiger partial charge is 0.501 e. The summed E-state index contributed by atoms with van der Waals surface area (Å²) in [6, 6.07) is 0. The van der Waals surface area contributed by atoms with Crippen molar-refractivity contribution in [3.63, 3.8) is 0 Å². The molecule has 0 aromatic heterocycles. The summed E-state index contributed by atoms with van der Waals surface area (Å²) >= 11 is 0. The summed E-state index contributed by atoms with van der Waals surface area (Å²) in [6.45, 7) is 1.61. The van der Waals surface area contributed by atoms with Gasteiger partial charge in [0, 0.05) is 0 Å². The van der Waals surface area contributed by atoms with Gasteiger partial charge in [0.15, 0.2) is 0 Å². The molecule has 0 saturated heterocycles. The van der Waals surface area contributed by atoms with Crippen molar-refractivity contribution < 1.29 is 29.6 Å². The molecule has 0 heterocycles. The minimum atomic E-state index is -1.36. The highest BCUT2D eigenvalue weighted by Gasteiger charge is 2.36. The molecule has 0 spiro atoms. The average Bonchev–Trinajstić information content (AvgIpc) is 2.19. The third-order valence-electron chi connectivity index (χ3n) is 1.58. The van der Waals surface area contributed by atoms with Crippen molar-refractivity contribution in [2.75, 3.05) is 6.61 Å². The first-order valence-electron chi connectivity index (χ1n) is 3.78. The van der Waals surface area contributed by atoms with Crippen LogP contribution in [0.2, 0.25) is 0 Å². The summed E-state index contributed by atoms with van der Waals surface area (Å²) in [4.78, 5) is 21.8. The Hall–Kier alpha value is -1.98. The number of Topliss-reactive ketones (excluding diaryl/α,β-unsaturated/α-hetero) is 2. The van der Waals surface area contributed by atoms with Gasteiger partial charge in [-0.15, -0.1) is 0 Å². The van der Waals surface area contributed by atoms with Crippen molar-refractivity contribution in [3.05, 3.63) is 23.0 Å². The van der Waals surface area contributed by atoms with E-state index < -0.39 is 34.6 Å². The third kappa shape index (κ3) is 1.30. The zero-order chi connectivity index (χ0) is 10.9. The molecule has 14 heavy (non-hydrogen) atoms. The van der Waals surface area contributed by atoms with Crippen LogP contribution in [-0.4, -0.2) is 33.5 Å². The monoisotopic (exact) mass is 200 g/mol. The number of ketones is 2. The fourth-order valence-electron chi connectivity index (χ4n) is 0.926. The first-order valence-corrected chi connectivity index (χ1v) is 3.78. The van der Waals surface area contributed by atoms with Crippen LogP contribution in [-0.2, 0) is 14.3 Å². The lowest BCUT2D eigenvalue weighted by Crippen LogP contribution is -2.27. The first kappa shape index (κ1) is 10.1. The fourth-order valence-corrected chi connectivity index (χ4v) is 0.926. The maximum absolute atomic E-state index is 10.9. The number of aliphatic hydroxyl groups excluding tert-OH is 3. The molecule has 0 bridgehead atoms. The summed E-state index contributed by atoms with van der Waals surface area (Å²) in [5.74, 6) is -6.26. The highest BCUT2D eigenvalue weighted by molar-refractivity contribution is 6.48. The Kier molecular flexibility index (Phi) is 2.46. The number of allylic oxidation sites excluding steroid dienone is 2. The van der Waals surface area contributed by atoms with Crippen LogP contribution in [0, 0.1) is 0 Å². The van der Waals surface area contributed by atoms with Crippen LogP contribution in [0.4, 0.5) is 0 Å². The highest BCUT2D eigenvalue weighted by atomic mass is 16.5. The number of ether oxygens (including phenoxy) is 1. The van der Waals surface area contributed by atoms with Crippen molar-refractivity contribution in [2.45, 2.75) is 6.92 Å². The molecular formula is C8H8O6. The number of hydrogen-bond donors (Lipinski definition) is 3. The van der Waals surface area contributed by atoms with E-state index in [1.807, 2.05) is 0 Å². The van der Waals surface area contributed by atoms with E-state index in [0.29, 0.717) is 0 Å². The predicted molar refractivity (Wildman–Crippen MR) is 43.6 cm³/mol. The minimum absolute atomic E-state index is 0.0677. The molecule has 1 aliphatic carbocycles. The lowest BCUT2D eigenvalue weighted by molar-refractivity contribution is -0.136. The predicted octanol–water partition coefficient (Wildman–Crippen LogP) is 0.272. The number of hydrogen-bond acceptors (Lipinski definition) is 6. The van der Waals surface area contributed by atoms with Crippen molar-refractivity contribution in [1.29, 1.82) is 0 Å². The maximum Gasteiger partial charge on any atom is 0.275 e. The van der Waals surface area contributed by atoms with Gasteiger partial charge in [-0.05, 0) is 6.92 Å². The molecule has 0 unspecified atom stereocenters. The Morgan fingerprint density at radius 3 is 2.00 bits per heavy atom. The molecular weight excluding hydrogens is 192 g/mol. The smallest absolute Gasteiger partial charge is 0.275 e. The van der Waals surface area contributed by atoms with Crippen LogP contribution in [0.25, 0.3) is 0 Å². The summed E-state index contributed by atoms with van der Waals surface area (Å²) in [5, 5.41) is 27.2. The molecule has 0 aromatic carbocycles. The molecule has 1 rings (SSSR count). The van der Waals surface area contributed by atoms with E-state index in [-0.39, 0.29) is 6.61 Å². The van der Waals surface area contributed by atoms with Crippen LogP contribution in [0.3, 0.4) is 0 Å². The minimum Gasteiger partial charge on any atom is -0.501 e. The second-order valence-corrected chi connectivity index (χ2v) is 2.47. The fraction of sp³-hybridized carbons (Fsp3) is 0.250. The van der Waals surface area contributed by atoms with Gasteiger partial charge in [0.1, 0.15) is 0 Å². The summed E-state index contributed by atoms with van der Waals surface area (Å²) in [7, 11) is 0. The first-order chi connectivity index (χ1) is 6.50. The van der Waals surface area contributed by atoms with Crippen LogP contribution in [0.15, 0.2) is 23.0 Å². The standard InChI is InChI=1S/C8H8O6/c1-2-14-8-6(12)4(10)3(9)5(11)7(8)13/h10,12-13H,2H2,1H3. The number of aliphatic hydroxyl groups is 3. The van der Waals surface area contributed by atoms with Gasteiger partial charge in [-0.3, -0.25) is 9.59 Å². The normalized spacial score (nSPS) is 17.8. The molecule has 0 amide bonds. The van der Waals surface area contributed by atoms with Crippen molar-refractivity contribution in [2.24, 2.45) is 0 Å². The summed E-state index contributed by atoms with van der Waals surface area (Å²) in [5.41, 5.74) is 0. The molecule has 0 aromatic rings. The van der Waals surface area contributed by atoms with Gasteiger partial charge in [-0.1, -0.05) is 0 Å². The lowest BCUT2D eigenvalue weighted by Gasteiger charge is -2.14. The molecule has 1 aliphatic rings. The number of carbonyl (C=O) groups excluding carboxylic acids is 2. The molecule has 6 heteroatoms. The maximum atomic E-state index is 10.9. The zero-order valence-corrected chi connectivity index (χ0v) is 7.27. The van der Waals surface area contributed by atoms with Crippen LogP contribution < -0.4 is 0 Å². The Bertz CT molecular complexity index is 362. The summed E-state index contributed by atoms with van der Waals surface area (Å²) < 4.78 is 4.69. The van der Waals surface area contributed by atoms with Gasteiger partial charge in [-0.25, -0.2) is 0 Å². The van der Waals surface area contributed by atoms with Crippen LogP contribution >= 0.6 is 0 Å². The van der Waals surface area contributed by atoms with E-state index in [2.05, 4.69) is 4.74 Å². The van der Waals surface area contributed by atoms with Crippen molar-refractivity contribution >= 4 is 11.6 Å². The number of carbonyl (C=O) groups is 2. The van der Waals surface area contributed by atoms with E-state index in [4.69, 9.17) is 15.3 Å². The summed E-state index contributed by atoms with van der Waals surface area (Å²) in [6.07, 6.45) is 0. The van der Waals surface area contributed by atoms with E-state index >= 15 is 0 Å². The van der Waals surface area contributed by atoms with E-state index in [0.717, 1.165) is 0 Å². The van der Waals surface area contributed by atoms with E-state index in [1.54, 1.807) is 6.92 Å². The van der Waals surface area contributed by atoms with E-state index in [9.17, 15) is 9.59 Å². The van der Waals surface area contributed by atoms with E-state index in [1.165, 1.54) is 0 Å². The van der Waals surface area contributed by atoms with Gasteiger partial charge in [-0.2, -0.15) is 0 Å². The topological polar surface area (TPSA) is 104 Å². The Balaban J connectivity index is 3.25. The Labute approximate surface area is 78.7 Å². The van der Waals surface area contributed by atoms with Crippen LogP contribution in [0.1, 0.15) is 6.92 Å². The molecule has 76 valence electrons. The SMILES string of the molecule is CCOC1=C(O)C(=O)C(=O)C(O)=C1O. The van der Waals surface area contributed by atoms with Gasteiger partial charge in [0.05, 0.1) is 6.61 Å². The lowest BCUT2D eigenvalue weighted by atomic mass is 10.1. The molecule has 0 fully saturated rings. The third-order valence-corrected chi connectivity index (χ3v) is 1.58. The van der Waals surface area contributed by atoms with Crippen molar-refractivity contribution in [3.8, 4) is 0 Å². The molecule has 0 atom stereocenters.